The molecular weight excluding hydrogens is 528 g/mol. The van der Waals surface area contributed by atoms with Crippen LogP contribution in [0, 0.1) is 11.8 Å². The van der Waals surface area contributed by atoms with Crippen molar-refractivity contribution >= 4 is 23.5 Å². The van der Waals surface area contributed by atoms with Crippen LogP contribution in [0.3, 0.4) is 0 Å². The Morgan fingerprint density at radius 1 is 1.15 bits per heavy atom. The first-order chi connectivity index (χ1) is 19.6. The number of Topliss-reactive ketones (excluding diaryl/α,β-unsaturated/α-hetero) is 1. The smallest absolute Gasteiger partial charge is 0.244 e. The lowest BCUT2D eigenvalue weighted by Gasteiger charge is -2.40. The summed E-state index contributed by atoms with van der Waals surface area (Å²) in [5.74, 6) is -2.20. The highest BCUT2D eigenvalue weighted by Gasteiger charge is 2.58. The van der Waals surface area contributed by atoms with E-state index < -0.39 is 34.9 Å². The van der Waals surface area contributed by atoms with Gasteiger partial charge in [-0.05, 0) is 56.7 Å². The van der Waals surface area contributed by atoms with Crippen LogP contribution in [0.2, 0.25) is 0 Å². The number of hydrogen-bond acceptors (Lipinski definition) is 8. The minimum absolute atomic E-state index is 0.0147. The van der Waals surface area contributed by atoms with E-state index >= 15 is 0 Å². The summed E-state index contributed by atoms with van der Waals surface area (Å²) in [4.78, 5) is 55.9. The number of hydrogen-bond donors (Lipinski definition) is 3. The van der Waals surface area contributed by atoms with E-state index in [0.717, 1.165) is 12.8 Å². The number of benzene rings is 1. The third-order valence-corrected chi connectivity index (χ3v) is 8.35. The Kier molecular flexibility index (Phi) is 9.83. The van der Waals surface area contributed by atoms with Crippen molar-refractivity contribution in [3.8, 4) is 5.75 Å². The van der Waals surface area contributed by atoms with Crippen molar-refractivity contribution < 1.29 is 33.4 Å². The molecule has 41 heavy (non-hydrogen) atoms. The molecule has 0 spiro atoms. The number of amides is 3. The van der Waals surface area contributed by atoms with Crippen LogP contribution in [0.5, 0.6) is 5.75 Å². The number of morpholine rings is 1. The highest BCUT2D eigenvalue weighted by molar-refractivity contribution is 6.01. The second kappa shape index (κ2) is 13.1. The molecule has 1 aromatic carbocycles. The van der Waals surface area contributed by atoms with Crippen molar-refractivity contribution in [1.82, 2.24) is 15.5 Å². The molecule has 1 aliphatic carbocycles. The average molecular weight is 571 g/mol. The monoisotopic (exact) mass is 570 g/mol. The molecule has 0 radical (unpaired) electrons. The summed E-state index contributed by atoms with van der Waals surface area (Å²) in [6, 6.07) is 6.09. The zero-order valence-corrected chi connectivity index (χ0v) is 24.1. The summed E-state index contributed by atoms with van der Waals surface area (Å²) >= 11 is 0. The van der Waals surface area contributed by atoms with E-state index in [1.54, 1.807) is 45.2 Å². The molecule has 0 saturated carbocycles. The number of primary amides is 1. The van der Waals surface area contributed by atoms with Gasteiger partial charge in [0, 0.05) is 19.5 Å². The number of nitrogens with two attached hydrogens (primary N) is 1. The molecule has 2 aliphatic heterocycles. The topological polar surface area (TPSA) is 153 Å². The molecule has 2 fully saturated rings. The molecule has 3 amide bonds. The van der Waals surface area contributed by atoms with Crippen LogP contribution in [-0.4, -0.2) is 92.2 Å². The van der Waals surface area contributed by atoms with Gasteiger partial charge in [-0.1, -0.05) is 24.3 Å². The number of carbonyl (C=O) groups excluding carboxylic acids is 4. The molecule has 0 aromatic heterocycles. The molecule has 4 N–H and O–H groups in total. The van der Waals surface area contributed by atoms with Gasteiger partial charge in [0.15, 0.2) is 5.78 Å². The summed E-state index contributed by atoms with van der Waals surface area (Å²) in [5, 5.41) is 5.61. The van der Waals surface area contributed by atoms with Gasteiger partial charge in [0.25, 0.3) is 0 Å². The fourth-order valence-corrected chi connectivity index (χ4v) is 5.63. The standard InChI is InChI=1S/C30H42N4O7/c1-20(32-25(35)18-34-12-14-40-15-13-34)27(37)33-30(28(31)38,17-22-8-10-23(39-3)11-9-22)24(16-21-6-4-5-7-21)26(36)29(2)19-41-29/h4-5,8-11,20-21,24H,6-7,12-19H2,1-3H3,(H2,31,38)(H,32,35)(H,33,37)/t20-,24+,29+,30?/m0/s1. The van der Waals surface area contributed by atoms with Gasteiger partial charge in [0.1, 0.15) is 22.9 Å². The van der Waals surface area contributed by atoms with E-state index in [2.05, 4.69) is 22.8 Å². The van der Waals surface area contributed by atoms with E-state index in [-0.39, 0.29) is 37.2 Å². The van der Waals surface area contributed by atoms with Gasteiger partial charge in [-0.3, -0.25) is 24.1 Å². The lowest BCUT2D eigenvalue weighted by molar-refractivity contribution is -0.142. The predicted octanol–water partition coefficient (Wildman–Crippen LogP) is 0.745. The molecule has 11 heteroatoms. The van der Waals surface area contributed by atoms with Crippen molar-refractivity contribution in [3.05, 3.63) is 42.0 Å². The van der Waals surface area contributed by atoms with Crippen LogP contribution >= 0.6 is 0 Å². The molecule has 1 aromatic rings. The maximum atomic E-state index is 14.0. The molecule has 2 saturated heterocycles. The number of carbonyl (C=O) groups is 4. The van der Waals surface area contributed by atoms with Gasteiger partial charge in [0.05, 0.1) is 39.4 Å². The maximum absolute atomic E-state index is 14.0. The van der Waals surface area contributed by atoms with Crippen LogP contribution < -0.4 is 21.1 Å². The Morgan fingerprint density at radius 3 is 2.34 bits per heavy atom. The molecule has 4 rings (SSSR count). The Labute approximate surface area is 241 Å². The Hall–Kier alpha value is -3.28. The molecule has 0 bridgehead atoms. The van der Waals surface area contributed by atoms with Crippen LogP contribution in [0.15, 0.2) is 36.4 Å². The van der Waals surface area contributed by atoms with E-state index in [0.29, 0.717) is 44.0 Å². The number of methoxy groups -OCH3 is 1. The Balaban J connectivity index is 1.62. The van der Waals surface area contributed by atoms with Crippen molar-refractivity contribution in [3.63, 3.8) is 0 Å². The second-order valence-electron chi connectivity index (χ2n) is 11.5. The number of nitrogens with one attached hydrogen (secondary N) is 2. The number of allylic oxidation sites excluding steroid dienone is 2. The van der Waals surface area contributed by atoms with Crippen molar-refractivity contribution in [2.45, 2.75) is 56.7 Å². The van der Waals surface area contributed by atoms with Gasteiger partial charge in [-0.2, -0.15) is 0 Å². The minimum Gasteiger partial charge on any atom is -0.497 e. The molecule has 4 atom stereocenters. The molecule has 224 valence electrons. The second-order valence-corrected chi connectivity index (χ2v) is 11.5. The normalized spacial score (nSPS) is 23.7. The van der Waals surface area contributed by atoms with Gasteiger partial charge >= 0.3 is 0 Å². The fourth-order valence-electron chi connectivity index (χ4n) is 5.63. The minimum atomic E-state index is -1.76. The lowest BCUT2D eigenvalue weighted by Crippen LogP contribution is -2.68. The zero-order chi connectivity index (χ0) is 29.6. The molecule has 11 nitrogen and oxygen atoms in total. The first-order valence-corrected chi connectivity index (χ1v) is 14.2. The molecule has 3 aliphatic rings. The predicted molar refractivity (Wildman–Crippen MR) is 151 cm³/mol. The van der Waals surface area contributed by atoms with Crippen LogP contribution in [0.4, 0.5) is 0 Å². The highest BCUT2D eigenvalue weighted by Crippen LogP contribution is 2.40. The van der Waals surface area contributed by atoms with Gasteiger partial charge < -0.3 is 30.6 Å². The third kappa shape index (κ3) is 7.52. The fraction of sp³-hybridized carbons (Fsp3) is 0.600. The zero-order valence-electron chi connectivity index (χ0n) is 24.1. The first-order valence-electron chi connectivity index (χ1n) is 14.2. The molecule has 2 heterocycles. The number of ether oxygens (including phenoxy) is 3. The van der Waals surface area contributed by atoms with Crippen LogP contribution in [0.1, 0.15) is 38.7 Å². The number of nitrogens with zero attached hydrogens (tertiary/aromatic N) is 1. The lowest BCUT2D eigenvalue weighted by atomic mass is 9.69. The van der Waals surface area contributed by atoms with Gasteiger partial charge in [-0.15, -0.1) is 0 Å². The highest BCUT2D eigenvalue weighted by atomic mass is 16.6. The van der Waals surface area contributed by atoms with Crippen molar-refractivity contribution in [2.24, 2.45) is 17.6 Å². The number of epoxide rings is 1. The van der Waals surface area contributed by atoms with Crippen LogP contribution in [0.25, 0.3) is 0 Å². The van der Waals surface area contributed by atoms with Crippen molar-refractivity contribution in [2.75, 3.05) is 46.6 Å². The third-order valence-electron chi connectivity index (χ3n) is 8.35. The Bertz CT molecular complexity index is 1140. The summed E-state index contributed by atoms with van der Waals surface area (Å²) in [6.45, 7) is 5.96. The SMILES string of the molecule is COc1ccc(CC(NC(=O)[C@H](C)NC(=O)CN2CCOCC2)(C(N)=O)[C@H](CC2CC=CC2)C(=O)[C@@]2(C)CO2)cc1. The van der Waals surface area contributed by atoms with E-state index in [4.69, 9.17) is 19.9 Å². The van der Waals surface area contributed by atoms with Gasteiger partial charge in [-0.25, -0.2) is 0 Å². The Morgan fingerprint density at radius 2 is 1.78 bits per heavy atom. The van der Waals surface area contributed by atoms with E-state index in [9.17, 15) is 19.2 Å². The average Bonchev–Trinajstić information content (AvgIpc) is 3.49. The van der Waals surface area contributed by atoms with E-state index in [1.165, 1.54) is 0 Å². The summed E-state index contributed by atoms with van der Waals surface area (Å²) in [6.07, 6.45) is 5.98. The summed E-state index contributed by atoms with van der Waals surface area (Å²) in [5.41, 5.74) is 4.02. The van der Waals surface area contributed by atoms with E-state index in [1.807, 2.05) is 4.90 Å². The van der Waals surface area contributed by atoms with Gasteiger partial charge in [0.2, 0.25) is 17.7 Å². The largest absolute Gasteiger partial charge is 0.497 e. The maximum Gasteiger partial charge on any atom is 0.244 e. The number of rotatable bonds is 14. The first kappa shape index (κ1) is 30.7. The summed E-state index contributed by atoms with van der Waals surface area (Å²) < 4.78 is 16.1. The van der Waals surface area contributed by atoms with Crippen LogP contribution in [-0.2, 0) is 35.1 Å². The van der Waals surface area contributed by atoms with Crippen molar-refractivity contribution in [1.29, 1.82) is 0 Å². The number of ketones is 1. The summed E-state index contributed by atoms with van der Waals surface area (Å²) in [7, 11) is 1.55. The quantitative estimate of drug-likeness (QED) is 0.219. The molecular formula is C30H42N4O7. The molecule has 1 unspecified atom stereocenters.